The molecule has 2 rings (SSSR count). The largest absolute Gasteiger partial charge is 0.393 e. The Morgan fingerprint density at radius 3 is 3.05 bits per heavy atom. The average Bonchev–Trinajstić information content (AvgIpc) is 2.85. The van der Waals surface area contributed by atoms with Crippen LogP contribution in [0.15, 0.2) is 18.2 Å². The van der Waals surface area contributed by atoms with E-state index in [2.05, 4.69) is 34.3 Å². The van der Waals surface area contributed by atoms with Crippen LogP contribution < -0.4 is 5.32 Å². The van der Waals surface area contributed by atoms with Crippen molar-refractivity contribution in [3.05, 3.63) is 23.9 Å². The van der Waals surface area contributed by atoms with E-state index in [1.54, 1.807) is 0 Å². The lowest BCUT2D eigenvalue weighted by molar-refractivity contribution is 0.127. The molecule has 0 amide bonds. The number of hydrogen-bond donors (Lipinski definition) is 2. The van der Waals surface area contributed by atoms with Crippen LogP contribution >= 0.6 is 0 Å². The van der Waals surface area contributed by atoms with Gasteiger partial charge in [0.05, 0.1) is 11.8 Å². The first-order chi connectivity index (χ1) is 9.19. The molecule has 0 radical (unpaired) electrons. The van der Waals surface area contributed by atoms with Crippen molar-refractivity contribution < 1.29 is 5.11 Å². The van der Waals surface area contributed by atoms with Gasteiger partial charge in [-0.2, -0.15) is 0 Å². The maximum Gasteiger partial charge on any atom is 0.126 e. The second-order valence-electron chi connectivity index (χ2n) is 5.47. The molecule has 0 spiro atoms. The molecule has 4 nitrogen and oxygen atoms in total. The number of nitrogens with one attached hydrogen (secondary N) is 1. The molecule has 106 valence electrons. The molecule has 1 aromatic heterocycles. The average molecular weight is 263 g/mol. The summed E-state index contributed by atoms with van der Waals surface area (Å²) < 4.78 is 0. The van der Waals surface area contributed by atoms with Crippen LogP contribution in [0, 0.1) is 5.92 Å². The Bertz CT molecular complexity index is 395. The highest BCUT2D eigenvalue weighted by molar-refractivity contribution is 5.35. The zero-order valence-corrected chi connectivity index (χ0v) is 12.0. The molecule has 1 saturated heterocycles. The highest BCUT2D eigenvalue weighted by Gasteiger charge is 2.25. The number of aliphatic hydroxyl groups excluding tert-OH is 1. The summed E-state index contributed by atoms with van der Waals surface area (Å²) in [4.78, 5) is 7.01. The van der Waals surface area contributed by atoms with E-state index in [-0.39, 0.29) is 6.10 Å². The smallest absolute Gasteiger partial charge is 0.126 e. The Labute approximate surface area is 115 Å². The van der Waals surface area contributed by atoms with E-state index >= 15 is 0 Å². The number of likely N-dealkylation sites (tertiary alicyclic amines) is 1. The third kappa shape index (κ3) is 4.18. The molecule has 0 aromatic carbocycles. The molecule has 2 atom stereocenters. The number of anilines is 1. The fraction of sp³-hybridized carbons (Fsp3) is 0.667. The minimum atomic E-state index is -0.199. The monoisotopic (exact) mass is 263 g/mol. The Hall–Kier alpha value is -1.13. The van der Waals surface area contributed by atoms with Crippen LogP contribution in [-0.2, 0) is 6.54 Å². The molecule has 1 fully saturated rings. The number of nitrogens with zero attached hydrogens (tertiary/aromatic N) is 2. The van der Waals surface area contributed by atoms with Crippen molar-refractivity contribution >= 4 is 5.82 Å². The summed E-state index contributed by atoms with van der Waals surface area (Å²) in [6.45, 7) is 7.92. The van der Waals surface area contributed by atoms with Crippen LogP contribution in [0.1, 0.15) is 32.4 Å². The van der Waals surface area contributed by atoms with Gasteiger partial charge >= 0.3 is 0 Å². The van der Waals surface area contributed by atoms with E-state index in [9.17, 15) is 5.11 Å². The second-order valence-corrected chi connectivity index (χ2v) is 5.47. The third-order valence-electron chi connectivity index (χ3n) is 3.74. The van der Waals surface area contributed by atoms with Crippen LogP contribution in [0.25, 0.3) is 0 Å². The van der Waals surface area contributed by atoms with Gasteiger partial charge < -0.3 is 10.4 Å². The quantitative estimate of drug-likeness (QED) is 0.825. The molecule has 0 saturated carbocycles. The molecule has 4 heteroatoms. The Kier molecular flexibility index (Phi) is 5.16. The third-order valence-corrected chi connectivity index (χ3v) is 3.74. The van der Waals surface area contributed by atoms with Gasteiger partial charge in [-0.1, -0.05) is 13.0 Å². The lowest BCUT2D eigenvalue weighted by Crippen LogP contribution is -2.24. The Morgan fingerprint density at radius 2 is 2.37 bits per heavy atom. The van der Waals surface area contributed by atoms with E-state index in [4.69, 9.17) is 0 Å². The summed E-state index contributed by atoms with van der Waals surface area (Å²) in [7, 11) is 0. The van der Waals surface area contributed by atoms with Gasteiger partial charge in [0.25, 0.3) is 0 Å². The molecule has 1 aromatic rings. The van der Waals surface area contributed by atoms with Crippen molar-refractivity contribution in [3.63, 3.8) is 0 Å². The molecule has 2 N–H and O–H groups in total. The van der Waals surface area contributed by atoms with Gasteiger partial charge in [-0.15, -0.1) is 0 Å². The van der Waals surface area contributed by atoms with Gasteiger partial charge in [0.2, 0.25) is 0 Å². The van der Waals surface area contributed by atoms with Gasteiger partial charge in [-0.25, -0.2) is 4.98 Å². The van der Waals surface area contributed by atoms with Crippen LogP contribution in [-0.4, -0.2) is 40.7 Å². The Morgan fingerprint density at radius 1 is 1.53 bits per heavy atom. The maximum absolute atomic E-state index is 9.62. The minimum Gasteiger partial charge on any atom is -0.393 e. The number of hydrogen-bond acceptors (Lipinski definition) is 4. The summed E-state index contributed by atoms with van der Waals surface area (Å²) in [6.07, 6.45) is 2.00. The highest BCUT2D eigenvalue weighted by Crippen LogP contribution is 2.21. The summed E-state index contributed by atoms with van der Waals surface area (Å²) in [5.74, 6) is 1.38. The molecule has 2 heterocycles. The van der Waals surface area contributed by atoms with Gasteiger partial charge in [0.1, 0.15) is 5.82 Å². The van der Waals surface area contributed by atoms with Crippen LogP contribution in [0.3, 0.4) is 0 Å². The lowest BCUT2D eigenvalue weighted by atomic mass is 10.0. The summed E-state index contributed by atoms with van der Waals surface area (Å²) in [6, 6.07) is 6.15. The number of rotatable bonds is 6. The Balaban J connectivity index is 1.89. The van der Waals surface area contributed by atoms with Crippen LogP contribution in [0.5, 0.6) is 0 Å². The number of aliphatic hydroxyl groups is 1. The van der Waals surface area contributed by atoms with Crippen molar-refractivity contribution in [1.29, 1.82) is 0 Å². The van der Waals surface area contributed by atoms with Gasteiger partial charge in [-0.3, -0.25) is 4.90 Å². The predicted octanol–water partition coefficient (Wildman–Crippen LogP) is 2.11. The van der Waals surface area contributed by atoms with Gasteiger partial charge in [0, 0.05) is 19.6 Å². The molecule has 0 bridgehead atoms. The fourth-order valence-electron chi connectivity index (χ4n) is 2.55. The standard InChI is InChI=1S/C15H25N3O/c1-3-8-16-15-6-4-5-14(17-15)11-18-9-7-13(10-18)12(2)19/h4-6,12-13,19H,3,7-11H2,1-2H3,(H,16,17). The topological polar surface area (TPSA) is 48.4 Å². The van der Waals surface area contributed by atoms with Crippen molar-refractivity contribution in [2.45, 2.75) is 39.3 Å². The molecular weight excluding hydrogens is 238 g/mol. The van der Waals surface area contributed by atoms with Crippen LogP contribution in [0.2, 0.25) is 0 Å². The fourth-order valence-corrected chi connectivity index (χ4v) is 2.55. The van der Waals surface area contributed by atoms with Gasteiger partial charge in [-0.05, 0) is 44.4 Å². The predicted molar refractivity (Wildman–Crippen MR) is 78.1 cm³/mol. The molecule has 19 heavy (non-hydrogen) atoms. The van der Waals surface area contributed by atoms with Crippen molar-refractivity contribution in [2.24, 2.45) is 5.92 Å². The first-order valence-corrected chi connectivity index (χ1v) is 7.29. The number of pyridine rings is 1. The second kappa shape index (κ2) is 6.87. The maximum atomic E-state index is 9.62. The van der Waals surface area contributed by atoms with E-state index in [1.165, 1.54) is 0 Å². The van der Waals surface area contributed by atoms with Crippen molar-refractivity contribution in [2.75, 3.05) is 25.0 Å². The molecule has 0 aliphatic carbocycles. The number of aromatic nitrogens is 1. The van der Waals surface area contributed by atoms with E-state index in [0.717, 1.165) is 50.5 Å². The minimum absolute atomic E-state index is 0.199. The zero-order valence-electron chi connectivity index (χ0n) is 12.0. The van der Waals surface area contributed by atoms with Crippen molar-refractivity contribution in [3.8, 4) is 0 Å². The first-order valence-electron chi connectivity index (χ1n) is 7.29. The SMILES string of the molecule is CCCNc1cccc(CN2CCC(C(C)O)C2)n1. The van der Waals surface area contributed by atoms with Gasteiger partial charge in [0.15, 0.2) is 0 Å². The summed E-state index contributed by atoms with van der Waals surface area (Å²) in [5, 5.41) is 12.9. The lowest BCUT2D eigenvalue weighted by Gasteiger charge is -2.17. The normalized spacial score (nSPS) is 21.5. The highest BCUT2D eigenvalue weighted by atomic mass is 16.3. The van der Waals surface area contributed by atoms with E-state index < -0.39 is 0 Å². The van der Waals surface area contributed by atoms with Crippen LogP contribution in [0.4, 0.5) is 5.82 Å². The molecular formula is C15H25N3O. The zero-order chi connectivity index (χ0) is 13.7. The van der Waals surface area contributed by atoms with Crippen molar-refractivity contribution in [1.82, 2.24) is 9.88 Å². The molecule has 1 aliphatic heterocycles. The molecule has 1 aliphatic rings. The summed E-state index contributed by atoms with van der Waals surface area (Å²) in [5.41, 5.74) is 1.10. The summed E-state index contributed by atoms with van der Waals surface area (Å²) >= 11 is 0. The molecule has 2 unspecified atom stereocenters. The first kappa shape index (κ1) is 14.3. The van der Waals surface area contributed by atoms with E-state index in [1.807, 2.05) is 13.0 Å². The van der Waals surface area contributed by atoms with E-state index in [0.29, 0.717) is 5.92 Å².